The van der Waals surface area contributed by atoms with Gasteiger partial charge >= 0.3 is 12.0 Å². The van der Waals surface area contributed by atoms with Crippen LogP contribution in [-0.4, -0.2) is 47.7 Å². The summed E-state index contributed by atoms with van der Waals surface area (Å²) >= 11 is 0. The Morgan fingerprint density at radius 3 is 2.43 bits per heavy atom. The molecule has 1 saturated heterocycles. The summed E-state index contributed by atoms with van der Waals surface area (Å²) in [5.74, 6) is -1.01. The number of amides is 2. The maximum absolute atomic E-state index is 11.9. The number of carbonyl (C=O) groups is 2. The van der Waals surface area contributed by atoms with Gasteiger partial charge in [0.25, 0.3) is 0 Å². The fourth-order valence-electron chi connectivity index (χ4n) is 2.37. The number of carboxylic acids is 1. The first kappa shape index (κ1) is 15.3. The number of aryl methyl sites for hydroxylation is 1. The van der Waals surface area contributed by atoms with E-state index >= 15 is 0 Å². The Bertz CT molecular complexity index is 495. The van der Waals surface area contributed by atoms with Crippen molar-refractivity contribution in [2.24, 2.45) is 0 Å². The molecule has 114 valence electrons. The first-order valence-electron chi connectivity index (χ1n) is 7.14. The van der Waals surface area contributed by atoms with Crippen molar-refractivity contribution in [2.45, 2.75) is 25.8 Å². The summed E-state index contributed by atoms with van der Waals surface area (Å²) < 4.78 is 0. The molecule has 1 atom stereocenters. The lowest BCUT2D eigenvalue weighted by atomic mass is 10.2. The zero-order valence-corrected chi connectivity index (χ0v) is 12.1. The Hall–Kier alpha value is -2.08. The molecule has 0 aliphatic carbocycles. The first-order chi connectivity index (χ1) is 10.0. The minimum atomic E-state index is -1.01. The van der Waals surface area contributed by atoms with E-state index in [1.54, 1.807) is 12.1 Å². The van der Waals surface area contributed by atoms with Gasteiger partial charge < -0.3 is 20.6 Å². The molecule has 1 aromatic carbocycles. The number of likely N-dealkylation sites (tertiary alicyclic amines) is 1. The largest absolute Gasteiger partial charge is 0.480 e. The molecule has 0 radical (unpaired) electrons. The van der Waals surface area contributed by atoms with E-state index in [2.05, 4.69) is 15.5 Å². The van der Waals surface area contributed by atoms with Gasteiger partial charge in [-0.2, -0.15) is 0 Å². The van der Waals surface area contributed by atoms with Crippen molar-refractivity contribution in [3.63, 3.8) is 0 Å². The van der Waals surface area contributed by atoms with E-state index in [9.17, 15) is 14.7 Å². The average molecular weight is 291 g/mol. The fraction of sp³-hybridized carbons (Fsp3) is 0.467. The van der Waals surface area contributed by atoms with Crippen molar-refractivity contribution < 1.29 is 14.7 Å². The van der Waals surface area contributed by atoms with Crippen LogP contribution < -0.4 is 10.6 Å². The van der Waals surface area contributed by atoms with Crippen molar-refractivity contribution in [3.05, 3.63) is 29.8 Å². The molecule has 1 aliphatic rings. The Morgan fingerprint density at radius 2 is 1.86 bits per heavy atom. The number of hydrogen-bond donors (Lipinski definition) is 3. The lowest BCUT2D eigenvalue weighted by Gasteiger charge is -2.21. The Labute approximate surface area is 124 Å². The zero-order chi connectivity index (χ0) is 15.2. The second kappa shape index (κ2) is 7.08. The van der Waals surface area contributed by atoms with Crippen LogP contribution in [0, 0.1) is 6.92 Å². The van der Waals surface area contributed by atoms with Crippen molar-refractivity contribution in [2.75, 3.05) is 25.0 Å². The van der Waals surface area contributed by atoms with Crippen LogP contribution in [0.1, 0.15) is 18.4 Å². The van der Waals surface area contributed by atoms with Gasteiger partial charge in [-0.1, -0.05) is 17.7 Å². The highest BCUT2D eigenvalue weighted by atomic mass is 16.4. The topological polar surface area (TPSA) is 81.7 Å². The highest BCUT2D eigenvalue weighted by molar-refractivity contribution is 5.92. The molecule has 1 heterocycles. The molecule has 21 heavy (non-hydrogen) atoms. The molecule has 1 unspecified atom stereocenters. The molecule has 2 amide bonds. The van der Waals surface area contributed by atoms with E-state index in [1.807, 2.05) is 19.1 Å². The van der Waals surface area contributed by atoms with Crippen LogP contribution in [0.4, 0.5) is 10.5 Å². The summed E-state index contributed by atoms with van der Waals surface area (Å²) in [5.41, 5.74) is 1.74. The van der Waals surface area contributed by atoms with Crippen LogP contribution in [-0.2, 0) is 4.79 Å². The molecular formula is C15H21N3O3. The molecule has 0 spiro atoms. The summed E-state index contributed by atoms with van der Waals surface area (Å²) in [6, 6.07) is 5.94. The van der Waals surface area contributed by atoms with Crippen molar-refractivity contribution >= 4 is 17.7 Å². The van der Waals surface area contributed by atoms with Gasteiger partial charge in [-0.05, 0) is 45.0 Å². The Kier molecular flexibility index (Phi) is 5.16. The Morgan fingerprint density at radius 1 is 1.24 bits per heavy atom. The van der Waals surface area contributed by atoms with Crippen LogP contribution in [0.3, 0.4) is 0 Å². The summed E-state index contributed by atoms with van der Waals surface area (Å²) in [6.45, 7) is 4.09. The molecule has 3 N–H and O–H groups in total. The van der Waals surface area contributed by atoms with Gasteiger partial charge in [-0.3, -0.25) is 0 Å². The van der Waals surface area contributed by atoms with Gasteiger partial charge in [0, 0.05) is 12.2 Å². The van der Waals surface area contributed by atoms with E-state index in [-0.39, 0.29) is 0 Å². The maximum Gasteiger partial charge on any atom is 0.327 e. The molecule has 6 nitrogen and oxygen atoms in total. The molecule has 6 heteroatoms. The minimum Gasteiger partial charge on any atom is -0.480 e. The van der Waals surface area contributed by atoms with E-state index in [0.717, 1.165) is 31.5 Å². The highest BCUT2D eigenvalue weighted by Crippen LogP contribution is 2.09. The predicted molar refractivity (Wildman–Crippen MR) is 80.4 cm³/mol. The normalized spacial score (nSPS) is 16.4. The van der Waals surface area contributed by atoms with Gasteiger partial charge in [0.1, 0.15) is 6.04 Å². The lowest BCUT2D eigenvalue weighted by molar-refractivity contribution is -0.139. The number of nitrogens with one attached hydrogen (secondary N) is 2. The SMILES string of the molecule is Cc1ccc(NC(=O)NC(CN2CCCC2)C(=O)O)cc1. The third-order valence-corrected chi connectivity index (χ3v) is 3.55. The quantitative estimate of drug-likeness (QED) is 0.770. The van der Waals surface area contributed by atoms with Crippen LogP contribution in [0.15, 0.2) is 24.3 Å². The maximum atomic E-state index is 11.9. The molecule has 1 fully saturated rings. The zero-order valence-electron chi connectivity index (χ0n) is 12.1. The summed E-state index contributed by atoms with van der Waals surface area (Å²) in [4.78, 5) is 25.2. The van der Waals surface area contributed by atoms with Gasteiger partial charge in [0.15, 0.2) is 0 Å². The van der Waals surface area contributed by atoms with Crippen molar-refractivity contribution in [1.29, 1.82) is 0 Å². The van der Waals surface area contributed by atoms with Crippen LogP contribution in [0.2, 0.25) is 0 Å². The third-order valence-electron chi connectivity index (χ3n) is 3.55. The van der Waals surface area contributed by atoms with E-state index in [0.29, 0.717) is 12.2 Å². The van der Waals surface area contributed by atoms with Crippen LogP contribution in [0.5, 0.6) is 0 Å². The number of anilines is 1. The molecular weight excluding hydrogens is 270 g/mol. The number of benzene rings is 1. The van der Waals surface area contributed by atoms with Crippen molar-refractivity contribution in [3.8, 4) is 0 Å². The van der Waals surface area contributed by atoms with Gasteiger partial charge in [0.2, 0.25) is 0 Å². The minimum absolute atomic E-state index is 0.344. The van der Waals surface area contributed by atoms with E-state index in [1.165, 1.54) is 0 Å². The predicted octanol–water partition coefficient (Wildman–Crippen LogP) is 1.67. The van der Waals surface area contributed by atoms with Gasteiger partial charge in [-0.25, -0.2) is 9.59 Å². The summed E-state index contributed by atoms with van der Waals surface area (Å²) in [7, 11) is 0. The number of carbonyl (C=O) groups excluding carboxylic acids is 1. The molecule has 1 aliphatic heterocycles. The number of hydrogen-bond acceptors (Lipinski definition) is 3. The molecule has 2 rings (SSSR count). The molecule has 0 saturated carbocycles. The smallest absolute Gasteiger partial charge is 0.327 e. The van der Waals surface area contributed by atoms with E-state index in [4.69, 9.17) is 0 Å². The number of rotatable bonds is 5. The number of nitrogens with zero attached hydrogens (tertiary/aromatic N) is 1. The van der Waals surface area contributed by atoms with Gasteiger partial charge in [-0.15, -0.1) is 0 Å². The summed E-state index contributed by atoms with van der Waals surface area (Å²) in [5, 5.41) is 14.4. The number of aliphatic carboxylic acids is 1. The number of carboxylic acid groups (broad SMARTS) is 1. The second-order valence-corrected chi connectivity index (χ2v) is 5.36. The average Bonchev–Trinajstić information content (AvgIpc) is 2.93. The second-order valence-electron chi connectivity index (χ2n) is 5.36. The van der Waals surface area contributed by atoms with Crippen molar-refractivity contribution in [1.82, 2.24) is 10.2 Å². The molecule has 0 bridgehead atoms. The fourth-order valence-corrected chi connectivity index (χ4v) is 2.37. The van der Waals surface area contributed by atoms with E-state index < -0.39 is 18.0 Å². The highest BCUT2D eigenvalue weighted by Gasteiger charge is 2.24. The van der Waals surface area contributed by atoms with Gasteiger partial charge in [0.05, 0.1) is 0 Å². The Balaban J connectivity index is 1.88. The molecule has 0 aromatic heterocycles. The third kappa shape index (κ3) is 4.75. The standard InChI is InChI=1S/C15H21N3O3/c1-11-4-6-12(7-5-11)16-15(21)17-13(14(19)20)10-18-8-2-3-9-18/h4-7,13H,2-3,8-10H2,1H3,(H,19,20)(H2,16,17,21). The van der Waals surface area contributed by atoms with Crippen LogP contribution in [0.25, 0.3) is 0 Å². The van der Waals surface area contributed by atoms with Crippen LogP contribution >= 0.6 is 0 Å². The lowest BCUT2D eigenvalue weighted by Crippen LogP contribution is -2.49. The first-order valence-corrected chi connectivity index (χ1v) is 7.14. The summed E-state index contributed by atoms with van der Waals surface area (Å²) in [6.07, 6.45) is 2.17. The monoisotopic (exact) mass is 291 g/mol. The molecule has 1 aromatic rings. The number of urea groups is 1.